The second-order valence-corrected chi connectivity index (χ2v) is 8.35. The van der Waals surface area contributed by atoms with Gasteiger partial charge in [0.2, 0.25) is 11.8 Å². The maximum Gasteiger partial charge on any atom is 0.315 e. The van der Waals surface area contributed by atoms with Crippen LogP contribution in [0.25, 0.3) is 0 Å². The van der Waals surface area contributed by atoms with Crippen molar-refractivity contribution < 1.29 is 19.1 Å². The van der Waals surface area contributed by atoms with Crippen LogP contribution in [-0.4, -0.2) is 90.1 Å². The molecule has 0 aliphatic carbocycles. The summed E-state index contributed by atoms with van der Waals surface area (Å²) < 4.78 is 4.86. The minimum absolute atomic E-state index is 0.00601. The molecular formula is C21H32N6O4. The van der Waals surface area contributed by atoms with Gasteiger partial charge in [0.25, 0.3) is 0 Å². The molecule has 3 atom stereocenters. The fourth-order valence-electron chi connectivity index (χ4n) is 4.18. The highest BCUT2D eigenvalue weighted by Crippen LogP contribution is 2.27. The number of nitrogens with zero attached hydrogens (tertiary/aromatic N) is 3. The topological polar surface area (TPSA) is 116 Å². The summed E-state index contributed by atoms with van der Waals surface area (Å²) in [6, 6.07) is 4.91. The van der Waals surface area contributed by atoms with E-state index >= 15 is 0 Å². The molecule has 10 heteroatoms. The van der Waals surface area contributed by atoms with E-state index in [1.807, 2.05) is 36.9 Å². The summed E-state index contributed by atoms with van der Waals surface area (Å²) in [6.07, 6.45) is 2.42. The summed E-state index contributed by atoms with van der Waals surface area (Å²) in [5, 5.41) is 8.59. The Bertz CT molecular complexity index is 774. The highest BCUT2D eigenvalue weighted by atomic mass is 16.5. The van der Waals surface area contributed by atoms with Gasteiger partial charge in [-0.3, -0.25) is 19.5 Å². The first-order valence-electron chi connectivity index (χ1n) is 10.6. The first-order valence-corrected chi connectivity index (χ1v) is 10.6. The number of nitrogens with one attached hydrogen (secondary N) is 3. The number of aromatic nitrogens is 1. The van der Waals surface area contributed by atoms with Gasteiger partial charge in [0.15, 0.2) is 0 Å². The first kappa shape index (κ1) is 23.0. The molecule has 3 N–H and O–H groups in total. The number of rotatable bonds is 8. The zero-order valence-corrected chi connectivity index (χ0v) is 18.3. The van der Waals surface area contributed by atoms with E-state index < -0.39 is 6.04 Å². The fraction of sp³-hybridized carbons (Fsp3) is 0.619. The third-order valence-corrected chi connectivity index (χ3v) is 5.48. The van der Waals surface area contributed by atoms with E-state index in [2.05, 4.69) is 25.8 Å². The number of carbonyl (C=O) groups is 3. The Hall–Kier alpha value is -2.72. The van der Waals surface area contributed by atoms with Gasteiger partial charge in [-0.25, -0.2) is 4.79 Å². The SMILES string of the molecule is COCC(=O)NC[C@H]1C(=O)N2C[C@@H](NC(=O)NC(C)C)C[C@H]2CN1Cc1ccccn1. The van der Waals surface area contributed by atoms with Crippen molar-refractivity contribution in [2.75, 3.05) is 33.4 Å². The smallest absolute Gasteiger partial charge is 0.315 e. The average Bonchev–Trinajstić information content (AvgIpc) is 3.10. The van der Waals surface area contributed by atoms with Crippen molar-refractivity contribution >= 4 is 17.8 Å². The summed E-state index contributed by atoms with van der Waals surface area (Å²) in [6.45, 7) is 5.57. The lowest BCUT2D eigenvalue weighted by Crippen LogP contribution is -2.62. The Morgan fingerprint density at radius 1 is 1.29 bits per heavy atom. The van der Waals surface area contributed by atoms with Gasteiger partial charge in [-0.1, -0.05) is 6.07 Å². The van der Waals surface area contributed by atoms with Crippen molar-refractivity contribution in [1.82, 2.24) is 30.7 Å². The number of pyridine rings is 1. The van der Waals surface area contributed by atoms with Gasteiger partial charge in [0.05, 0.1) is 11.7 Å². The Morgan fingerprint density at radius 2 is 2.10 bits per heavy atom. The Balaban J connectivity index is 1.70. The van der Waals surface area contributed by atoms with Gasteiger partial charge in [-0.15, -0.1) is 0 Å². The molecule has 0 bridgehead atoms. The van der Waals surface area contributed by atoms with Crippen molar-refractivity contribution in [2.24, 2.45) is 0 Å². The van der Waals surface area contributed by atoms with Crippen molar-refractivity contribution in [3.8, 4) is 0 Å². The molecule has 0 spiro atoms. The monoisotopic (exact) mass is 432 g/mol. The highest BCUT2D eigenvalue weighted by Gasteiger charge is 2.45. The lowest BCUT2D eigenvalue weighted by Gasteiger charge is -2.42. The van der Waals surface area contributed by atoms with Crippen molar-refractivity contribution in [1.29, 1.82) is 0 Å². The van der Waals surface area contributed by atoms with E-state index in [0.29, 0.717) is 26.1 Å². The van der Waals surface area contributed by atoms with E-state index in [-0.39, 0.29) is 49.1 Å². The van der Waals surface area contributed by atoms with E-state index in [4.69, 9.17) is 4.74 Å². The highest BCUT2D eigenvalue weighted by molar-refractivity contribution is 5.85. The third-order valence-electron chi connectivity index (χ3n) is 5.48. The summed E-state index contributed by atoms with van der Waals surface area (Å²) in [5.41, 5.74) is 0.862. The van der Waals surface area contributed by atoms with Crippen LogP contribution >= 0.6 is 0 Å². The van der Waals surface area contributed by atoms with Gasteiger partial charge < -0.3 is 25.6 Å². The van der Waals surface area contributed by atoms with Crippen molar-refractivity contribution in [3.05, 3.63) is 30.1 Å². The summed E-state index contributed by atoms with van der Waals surface area (Å²) in [4.78, 5) is 45.6. The number of hydrogen-bond acceptors (Lipinski definition) is 6. The van der Waals surface area contributed by atoms with Crippen LogP contribution in [-0.2, 0) is 20.9 Å². The molecule has 3 heterocycles. The molecule has 3 rings (SSSR count). The zero-order chi connectivity index (χ0) is 22.4. The lowest BCUT2D eigenvalue weighted by molar-refractivity contribution is -0.144. The number of carbonyl (C=O) groups excluding carboxylic acids is 3. The Labute approximate surface area is 182 Å². The molecule has 0 unspecified atom stereocenters. The van der Waals surface area contributed by atoms with Gasteiger partial charge in [-0.05, 0) is 32.4 Å². The fourth-order valence-corrected chi connectivity index (χ4v) is 4.18. The molecule has 10 nitrogen and oxygen atoms in total. The largest absolute Gasteiger partial charge is 0.375 e. The minimum atomic E-state index is -0.498. The van der Waals surface area contributed by atoms with E-state index in [9.17, 15) is 14.4 Å². The Morgan fingerprint density at radius 3 is 2.77 bits per heavy atom. The molecular weight excluding hydrogens is 400 g/mol. The number of hydrogen-bond donors (Lipinski definition) is 3. The molecule has 4 amide bonds. The quantitative estimate of drug-likeness (QED) is 0.520. The predicted molar refractivity (Wildman–Crippen MR) is 114 cm³/mol. The standard InChI is InChI=1S/C21H32N6O4/c1-14(2)24-21(30)25-16-8-17-12-26(10-15-6-4-5-7-22-15)18(20(29)27(17)11-16)9-23-19(28)13-31-3/h4-7,14,16-18H,8-13H2,1-3H3,(H,23,28)(H2,24,25,30)/t16-,17-,18-/m0/s1. The maximum atomic E-state index is 13.3. The maximum absolute atomic E-state index is 13.3. The molecule has 0 saturated carbocycles. The van der Waals surface area contributed by atoms with Crippen molar-refractivity contribution in [2.45, 2.75) is 51.0 Å². The van der Waals surface area contributed by atoms with Crippen LogP contribution in [0.5, 0.6) is 0 Å². The van der Waals surface area contributed by atoms with E-state index in [1.54, 1.807) is 6.20 Å². The zero-order valence-electron chi connectivity index (χ0n) is 18.3. The predicted octanol–water partition coefficient (Wildman–Crippen LogP) is -0.294. The molecule has 2 aliphatic heterocycles. The van der Waals surface area contributed by atoms with Gasteiger partial charge >= 0.3 is 6.03 Å². The number of methoxy groups -OCH3 is 1. The van der Waals surface area contributed by atoms with Gasteiger partial charge in [0, 0.05) is 51.6 Å². The summed E-state index contributed by atoms with van der Waals surface area (Å²) in [5.74, 6) is -0.306. The summed E-state index contributed by atoms with van der Waals surface area (Å²) >= 11 is 0. The normalized spacial score (nSPS) is 23.5. The second-order valence-electron chi connectivity index (χ2n) is 8.35. The van der Waals surface area contributed by atoms with Crippen LogP contribution in [0.2, 0.25) is 0 Å². The first-order chi connectivity index (χ1) is 14.9. The van der Waals surface area contributed by atoms with Crippen LogP contribution in [0.4, 0.5) is 4.79 Å². The van der Waals surface area contributed by atoms with Crippen LogP contribution in [0.1, 0.15) is 26.0 Å². The van der Waals surface area contributed by atoms with Gasteiger partial charge in [-0.2, -0.15) is 0 Å². The number of ether oxygens (including phenoxy) is 1. The molecule has 2 saturated heterocycles. The number of piperazine rings is 1. The second kappa shape index (κ2) is 10.5. The minimum Gasteiger partial charge on any atom is -0.375 e. The molecule has 1 aromatic heterocycles. The molecule has 0 aromatic carbocycles. The van der Waals surface area contributed by atoms with Crippen LogP contribution < -0.4 is 16.0 Å². The lowest BCUT2D eigenvalue weighted by atomic mass is 10.0. The summed E-state index contributed by atoms with van der Waals surface area (Å²) in [7, 11) is 1.45. The van der Waals surface area contributed by atoms with E-state index in [1.165, 1.54) is 7.11 Å². The van der Waals surface area contributed by atoms with Crippen LogP contribution in [0, 0.1) is 0 Å². The number of urea groups is 1. The third kappa shape index (κ3) is 6.14. The van der Waals surface area contributed by atoms with Crippen LogP contribution in [0.15, 0.2) is 24.4 Å². The molecule has 2 fully saturated rings. The Kier molecular flexibility index (Phi) is 7.80. The van der Waals surface area contributed by atoms with Crippen molar-refractivity contribution in [3.63, 3.8) is 0 Å². The molecule has 31 heavy (non-hydrogen) atoms. The molecule has 2 aliphatic rings. The molecule has 1 aromatic rings. The van der Waals surface area contributed by atoms with Gasteiger partial charge in [0.1, 0.15) is 12.6 Å². The van der Waals surface area contributed by atoms with Crippen LogP contribution in [0.3, 0.4) is 0 Å². The number of fused-ring (bicyclic) bond motifs is 1. The molecule has 0 radical (unpaired) electrons. The average molecular weight is 433 g/mol. The molecule has 170 valence electrons. The van der Waals surface area contributed by atoms with E-state index in [0.717, 1.165) is 5.69 Å². The number of amides is 4.